The Balaban J connectivity index is 1.95. The van der Waals surface area contributed by atoms with Crippen molar-refractivity contribution in [1.29, 1.82) is 0 Å². The summed E-state index contributed by atoms with van der Waals surface area (Å²) in [6.45, 7) is 11.6. The van der Waals surface area contributed by atoms with Gasteiger partial charge in [0.2, 0.25) is 0 Å². The van der Waals surface area contributed by atoms with Crippen LogP contribution in [0.25, 0.3) is 0 Å². The monoisotopic (exact) mass is 282 g/mol. The van der Waals surface area contributed by atoms with Crippen molar-refractivity contribution >= 4 is 5.97 Å². The van der Waals surface area contributed by atoms with Crippen LogP contribution in [0.4, 0.5) is 0 Å². The van der Waals surface area contributed by atoms with Crippen LogP contribution in [0.5, 0.6) is 0 Å². The summed E-state index contributed by atoms with van der Waals surface area (Å²) in [5.41, 5.74) is 0.241. The number of nitrogens with zero attached hydrogens (tertiary/aromatic N) is 1. The van der Waals surface area contributed by atoms with Gasteiger partial charge in [-0.2, -0.15) is 0 Å². The Kier molecular flexibility index (Phi) is 4.75. The summed E-state index contributed by atoms with van der Waals surface area (Å²) in [6, 6.07) is 0.924. The Morgan fingerprint density at radius 2 is 2.00 bits per heavy atom. The zero-order valence-electron chi connectivity index (χ0n) is 13.4. The lowest BCUT2D eigenvalue weighted by atomic mass is 9.78. The minimum Gasteiger partial charge on any atom is -0.481 e. The fraction of sp³-hybridized carbons (Fsp3) is 0.938. The number of rotatable bonds is 4. The van der Waals surface area contributed by atoms with Crippen molar-refractivity contribution in [3.8, 4) is 0 Å². The van der Waals surface area contributed by atoms with E-state index in [4.69, 9.17) is 0 Å². The highest BCUT2D eigenvalue weighted by molar-refractivity contribution is 5.70. The third-order valence-electron chi connectivity index (χ3n) is 4.79. The van der Waals surface area contributed by atoms with Crippen molar-refractivity contribution in [3.05, 3.63) is 0 Å². The second kappa shape index (κ2) is 6.02. The van der Waals surface area contributed by atoms with Gasteiger partial charge in [-0.05, 0) is 30.6 Å². The third-order valence-corrected chi connectivity index (χ3v) is 4.79. The quantitative estimate of drug-likeness (QED) is 0.830. The van der Waals surface area contributed by atoms with Crippen LogP contribution in [0.1, 0.15) is 47.0 Å². The number of nitrogens with one attached hydrogen (secondary N) is 1. The molecule has 0 aromatic heterocycles. The third kappa shape index (κ3) is 3.95. The Hall–Kier alpha value is -0.610. The van der Waals surface area contributed by atoms with E-state index < -0.39 is 5.97 Å². The zero-order valence-corrected chi connectivity index (χ0v) is 13.4. The van der Waals surface area contributed by atoms with E-state index in [0.717, 1.165) is 32.0 Å². The predicted octanol–water partition coefficient (Wildman–Crippen LogP) is 2.20. The van der Waals surface area contributed by atoms with Gasteiger partial charge in [0.05, 0.1) is 5.92 Å². The largest absolute Gasteiger partial charge is 0.481 e. The average Bonchev–Trinajstić information content (AvgIpc) is 2.33. The number of carboxylic acids is 1. The van der Waals surface area contributed by atoms with Gasteiger partial charge in [0.15, 0.2) is 0 Å². The number of aliphatic carboxylic acids is 1. The lowest BCUT2D eigenvalue weighted by Gasteiger charge is -2.48. The topological polar surface area (TPSA) is 52.6 Å². The highest BCUT2D eigenvalue weighted by Gasteiger charge is 2.39. The molecule has 116 valence electrons. The molecule has 0 bridgehead atoms. The number of piperidine rings is 1. The van der Waals surface area contributed by atoms with Crippen LogP contribution in [0, 0.1) is 17.3 Å². The zero-order chi connectivity index (χ0) is 14.9. The molecule has 20 heavy (non-hydrogen) atoms. The first-order chi connectivity index (χ1) is 9.26. The molecule has 0 aromatic carbocycles. The van der Waals surface area contributed by atoms with E-state index in [1.807, 2.05) is 0 Å². The van der Waals surface area contributed by atoms with Crippen LogP contribution in [0.2, 0.25) is 0 Å². The minimum atomic E-state index is -0.635. The molecule has 1 aliphatic carbocycles. The van der Waals surface area contributed by atoms with Gasteiger partial charge in [-0.25, -0.2) is 0 Å². The van der Waals surface area contributed by atoms with Gasteiger partial charge < -0.3 is 10.4 Å². The van der Waals surface area contributed by atoms with Gasteiger partial charge in [0, 0.05) is 31.7 Å². The molecule has 0 amide bonds. The molecule has 2 aliphatic rings. The predicted molar refractivity (Wildman–Crippen MR) is 80.7 cm³/mol. The minimum absolute atomic E-state index is 0.214. The lowest BCUT2D eigenvalue weighted by Crippen LogP contribution is -2.58. The molecule has 1 aliphatic heterocycles. The molecule has 2 N–H and O–H groups in total. The molecule has 0 spiro atoms. The molecule has 4 atom stereocenters. The van der Waals surface area contributed by atoms with E-state index in [1.54, 1.807) is 0 Å². The molecule has 2 rings (SSSR count). The summed E-state index contributed by atoms with van der Waals surface area (Å²) >= 11 is 0. The highest BCUT2D eigenvalue weighted by Crippen LogP contribution is 2.34. The molecule has 1 saturated carbocycles. The lowest BCUT2D eigenvalue weighted by molar-refractivity contribution is -0.145. The molecule has 4 heteroatoms. The molecule has 0 radical (unpaired) electrons. The highest BCUT2D eigenvalue weighted by atomic mass is 16.4. The smallest absolute Gasteiger partial charge is 0.307 e. The van der Waals surface area contributed by atoms with Crippen molar-refractivity contribution in [2.75, 3.05) is 19.6 Å². The van der Waals surface area contributed by atoms with Crippen molar-refractivity contribution < 1.29 is 9.90 Å². The maximum atomic E-state index is 11.4. The number of carboxylic acid groups (broad SMARTS) is 1. The van der Waals surface area contributed by atoms with E-state index in [9.17, 15) is 9.90 Å². The van der Waals surface area contributed by atoms with Crippen LogP contribution in [0.3, 0.4) is 0 Å². The van der Waals surface area contributed by atoms with E-state index in [0.29, 0.717) is 12.1 Å². The summed E-state index contributed by atoms with van der Waals surface area (Å²) in [5, 5.41) is 13.0. The van der Waals surface area contributed by atoms with Gasteiger partial charge in [-0.15, -0.1) is 0 Å². The standard InChI is InChI=1S/C16H30N2O2/c1-11-5-6-14(11)18-8-12(15(19)20)7-13(9-18)17-10-16(2,3)4/h11-14,17H,5-10H2,1-4H3,(H,19,20). The molecule has 1 heterocycles. The van der Waals surface area contributed by atoms with E-state index in [2.05, 4.69) is 37.9 Å². The Labute approximate surface area is 122 Å². The Bertz CT molecular complexity index is 351. The summed E-state index contributed by atoms with van der Waals surface area (Å²) < 4.78 is 0. The summed E-state index contributed by atoms with van der Waals surface area (Å²) in [5.74, 6) is -0.121. The number of carbonyl (C=O) groups is 1. The fourth-order valence-corrected chi connectivity index (χ4v) is 3.37. The van der Waals surface area contributed by atoms with Gasteiger partial charge >= 0.3 is 5.97 Å². The first kappa shape index (κ1) is 15.8. The van der Waals surface area contributed by atoms with Gasteiger partial charge in [-0.1, -0.05) is 27.7 Å². The molecule has 4 nitrogen and oxygen atoms in total. The second-order valence-electron chi connectivity index (χ2n) is 7.99. The van der Waals surface area contributed by atoms with Crippen molar-refractivity contribution in [1.82, 2.24) is 10.2 Å². The second-order valence-corrected chi connectivity index (χ2v) is 7.99. The molecular weight excluding hydrogens is 252 g/mol. The number of hydrogen-bond donors (Lipinski definition) is 2. The molecular formula is C16H30N2O2. The van der Waals surface area contributed by atoms with E-state index >= 15 is 0 Å². The fourth-order valence-electron chi connectivity index (χ4n) is 3.37. The van der Waals surface area contributed by atoms with Gasteiger partial charge in [-0.3, -0.25) is 9.69 Å². The van der Waals surface area contributed by atoms with Crippen LogP contribution < -0.4 is 5.32 Å². The van der Waals surface area contributed by atoms with E-state index in [-0.39, 0.29) is 11.3 Å². The van der Waals surface area contributed by atoms with Crippen molar-refractivity contribution in [3.63, 3.8) is 0 Å². The molecule has 2 fully saturated rings. The van der Waals surface area contributed by atoms with E-state index in [1.165, 1.54) is 12.8 Å². The van der Waals surface area contributed by atoms with Crippen molar-refractivity contribution in [2.45, 2.75) is 59.0 Å². The summed E-state index contributed by atoms with van der Waals surface area (Å²) in [7, 11) is 0. The van der Waals surface area contributed by atoms with Crippen LogP contribution >= 0.6 is 0 Å². The normalized spacial score (nSPS) is 35.6. The molecule has 4 unspecified atom stereocenters. The summed E-state index contributed by atoms with van der Waals surface area (Å²) in [6.07, 6.45) is 3.29. The molecule has 0 aromatic rings. The maximum Gasteiger partial charge on any atom is 0.307 e. The van der Waals surface area contributed by atoms with Gasteiger partial charge in [0.25, 0.3) is 0 Å². The Morgan fingerprint density at radius 3 is 2.45 bits per heavy atom. The first-order valence-electron chi connectivity index (χ1n) is 7.96. The first-order valence-corrected chi connectivity index (χ1v) is 7.96. The van der Waals surface area contributed by atoms with Crippen molar-refractivity contribution in [2.24, 2.45) is 17.3 Å². The number of hydrogen-bond acceptors (Lipinski definition) is 3. The maximum absolute atomic E-state index is 11.4. The Morgan fingerprint density at radius 1 is 1.30 bits per heavy atom. The van der Waals surface area contributed by atoms with Crippen LogP contribution in [0.15, 0.2) is 0 Å². The summed E-state index contributed by atoms with van der Waals surface area (Å²) in [4.78, 5) is 13.8. The number of likely N-dealkylation sites (tertiary alicyclic amines) is 1. The average molecular weight is 282 g/mol. The SMILES string of the molecule is CC1CCC1N1CC(NCC(C)(C)C)CC(C(=O)O)C1. The van der Waals surface area contributed by atoms with Crippen LogP contribution in [-0.4, -0.2) is 47.7 Å². The van der Waals surface area contributed by atoms with Gasteiger partial charge in [0.1, 0.15) is 0 Å². The van der Waals surface area contributed by atoms with Crippen LogP contribution in [-0.2, 0) is 4.79 Å². The molecule has 1 saturated heterocycles.